The highest BCUT2D eigenvalue weighted by molar-refractivity contribution is 7.27. The Morgan fingerprint density at radius 3 is 1.53 bits per heavy atom. The normalized spacial score (nSPS) is 11.4. The minimum Gasteiger partial charge on any atom is -0.309 e. The molecule has 0 N–H and O–H groups in total. The van der Waals surface area contributed by atoms with Crippen LogP contribution in [-0.4, -0.2) is 9.97 Å². The number of para-hydroxylation sites is 1. The summed E-state index contributed by atoms with van der Waals surface area (Å²) in [5.41, 5.74) is 12.0. The highest BCUT2D eigenvalue weighted by atomic mass is 32.1. The van der Waals surface area contributed by atoms with E-state index in [2.05, 4.69) is 211 Å². The monoisotopic (exact) mass is 757 g/mol. The van der Waals surface area contributed by atoms with E-state index in [-0.39, 0.29) is 0 Å². The number of anilines is 3. The van der Waals surface area contributed by atoms with Crippen molar-refractivity contribution in [3.8, 4) is 44.9 Å². The second-order valence-electron chi connectivity index (χ2n) is 14.5. The van der Waals surface area contributed by atoms with E-state index >= 15 is 0 Å². The number of hydrogen-bond donors (Lipinski definition) is 0. The fourth-order valence-electron chi connectivity index (χ4n) is 8.28. The molecule has 0 spiro atoms. The summed E-state index contributed by atoms with van der Waals surface area (Å²) in [6.07, 6.45) is 0. The van der Waals surface area contributed by atoms with Crippen molar-refractivity contribution in [1.29, 1.82) is 0 Å². The molecule has 3 nitrogen and oxygen atoms in total. The van der Waals surface area contributed by atoms with Crippen molar-refractivity contribution in [3.05, 3.63) is 212 Å². The van der Waals surface area contributed by atoms with Gasteiger partial charge < -0.3 is 4.90 Å². The summed E-state index contributed by atoms with van der Waals surface area (Å²) in [5, 5.41) is 5.91. The topological polar surface area (TPSA) is 29.0 Å². The Bertz CT molecular complexity index is 3170. The van der Waals surface area contributed by atoms with Crippen LogP contribution < -0.4 is 4.90 Å². The molecular formula is C54H35N3S. The molecule has 272 valence electrons. The van der Waals surface area contributed by atoms with E-state index in [0.29, 0.717) is 0 Å². The van der Waals surface area contributed by atoms with Gasteiger partial charge in [-0.15, -0.1) is 11.3 Å². The molecule has 0 bridgehead atoms. The SMILES string of the molecule is c1ccc(-c2ccc(N(c3ccc(-c4ccccc4)cc3)c3cc4ccccc4c4c3sc3c(-c5nc(-c6ccccc6)c6ccccc6n5)cccc34)cc2)cc1. The summed E-state index contributed by atoms with van der Waals surface area (Å²) < 4.78 is 2.38. The third kappa shape index (κ3) is 5.90. The van der Waals surface area contributed by atoms with Gasteiger partial charge in [-0.3, -0.25) is 0 Å². The Balaban J connectivity index is 1.16. The smallest absolute Gasteiger partial charge is 0.161 e. The number of aromatic nitrogens is 2. The molecule has 58 heavy (non-hydrogen) atoms. The number of thiophene rings is 1. The second-order valence-corrected chi connectivity index (χ2v) is 15.6. The van der Waals surface area contributed by atoms with Gasteiger partial charge in [-0.1, -0.05) is 170 Å². The molecule has 0 saturated carbocycles. The summed E-state index contributed by atoms with van der Waals surface area (Å²) in [5.74, 6) is 0.727. The zero-order valence-electron chi connectivity index (χ0n) is 31.5. The number of nitrogens with zero attached hydrogens (tertiary/aromatic N) is 3. The van der Waals surface area contributed by atoms with Crippen molar-refractivity contribution >= 4 is 70.2 Å². The van der Waals surface area contributed by atoms with Gasteiger partial charge in [0.15, 0.2) is 5.82 Å². The third-order valence-electron chi connectivity index (χ3n) is 11.1. The van der Waals surface area contributed by atoms with Crippen LogP contribution in [0, 0.1) is 0 Å². The largest absolute Gasteiger partial charge is 0.309 e. The van der Waals surface area contributed by atoms with E-state index in [1.54, 1.807) is 0 Å². The van der Waals surface area contributed by atoms with Crippen LogP contribution in [0.2, 0.25) is 0 Å². The van der Waals surface area contributed by atoms with Gasteiger partial charge in [-0.2, -0.15) is 0 Å². The molecule has 0 aliphatic heterocycles. The summed E-state index contributed by atoms with van der Waals surface area (Å²) in [6, 6.07) is 75.6. The standard InChI is InChI=1S/C54H35N3S/c1-4-15-36(16-5-1)38-27-31-42(32-28-38)57(43-33-29-39(30-34-43)37-17-6-2-7-18-37)49-35-41-21-10-11-22-44(41)50-46-24-14-25-47(52(46)58-53(49)50)54-55-48-26-13-12-23-45(48)51(56-54)40-19-8-3-9-20-40/h1-35H. The maximum atomic E-state index is 5.33. The van der Waals surface area contributed by atoms with Gasteiger partial charge in [0, 0.05) is 43.4 Å². The van der Waals surface area contributed by atoms with E-state index in [1.807, 2.05) is 17.4 Å². The quantitative estimate of drug-likeness (QED) is 0.162. The zero-order chi connectivity index (χ0) is 38.4. The number of rotatable bonds is 7. The van der Waals surface area contributed by atoms with Crippen molar-refractivity contribution in [2.45, 2.75) is 0 Å². The molecule has 4 heteroatoms. The summed E-state index contributed by atoms with van der Waals surface area (Å²) in [6.45, 7) is 0. The van der Waals surface area contributed by atoms with Crippen LogP contribution in [0.15, 0.2) is 212 Å². The molecule has 0 fully saturated rings. The van der Waals surface area contributed by atoms with E-state index in [9.17, 15) is 0 Å². The van der Waals surface area contributed by atoms with Crippen molar-refractivity contribution in [2.75, 3.05) is 4.90 Å². The molecule has 0 atom stereocenters. The molecule has 2 heterocycles. The summed E-state index contributed by atoms with van der Waals surface area (Å²) in [7, 11) is 0. The van der Waals surface area contributed by atoms with Gasteiger partial charge in [0.2, 0.25) is 0 Å². The number of fused-ring (bicyclic) bond motifs is 6. The molecule has 0 aliphatic carbocycles. The first-order valence-electron chi connectivity index (χ1n) is 19.6. The third-order valence-corrected chi connectivity index (χ3v) is 12.3. The minimum atomic E-state index is 0.727. The van der Waals surface area contributed by atoms with E-state index in [4.69, 9.17) is 9.97 Å². The van der Waals surface area contributed by atoms with Crippen molar-refractivity contribution in [1.82, 2.24) is 9.97 Å². The fourth-order valence-corrected chi connectivity index (χ4v) is 9.61. The Kier molecular flexibility index (Phi) is 8.34. The van der Waals surface area contributed by atoms with Gasteiger partial charge in [0.25, 0.3) is 0 Å². The van der Waals surface area contributed by atoms with Crippen LogP contribution in [0.3, 0.4) is 0 Å². The molecule has 0 unspecified atom stereocenters. The second kappa shape index (κ2) is 14.3. The lowest BCUT2D eigenvalue weighted by Gasteiger charge is -2.27. The lowest BCUT2D eigenvalue weighted by molar-refractivity contribution is 1.24. The zero-order valence-corrected chi connectivity index (χ0v) is 32.3. The minimum absolute atomic E-state index is 0.727. The predicted octanol–water partition coefficient (Wildman–Crippen LogP) is 15.3. The predicted molar refractivity (Wildman–Crippen MR) is 246 cm³/mol. The molecule has 0 aliphatic rings. The molecule has 2 aromatic heterocycles. The average molecular weight is 758 g/mol. The lowest BCUT2D eigenvalue weighted by Crippen LogP contribution is -2.10. The number of benzene rings is 9. The lowest BCUT2D eigenvalue weighted by atomic mass is 9.99. The average Bonchev–Trinajstić information content (AvgIpc) is 3.71. The van der Waals surface area contributed by atoms with Crippen LogP contribution in [0.4, 0.5) is 17.1 Å². The highest BCUT2D eigenvalue weighted by Crippen LogP contribution is 2.50. The highest BCUT2D eigenvalue weighted by Gasteiger charge is 2.23. The van der Waals surface area contributed by atoms with Crippen LogP contribution >= 0.6 is 11.3 Å². The van der Waals surface area contributed by atoms with Crippen molar-refractivity contribution in [2.24, 2.45) is 0 Å². The molecule has 11 aromatic rings. The van der Waals surface area contributed by atoms with Gasteiger partial charge in [-0.25, -0.2) is 9.97 Å². The van der Waals surface area contributed by atoms with Crippen molar-refractivity contribution < 1.29 is 0 Å². The Labute approximate surface area is 340 Å². The first kappa shape index (κ1) is 33.9. The molecule has 11 rings (SSSR count). The van der Waals surface area contributed by atoms with E-state index in [1.165, 1.54) is 53.2 Å². The van der Waals surface area contributed by atoms with E-state index in [0.717, 1.165) is 50.6 Å². The molecule has 0 saturated heterocycles. The van der Waals surface area contributed by atoms with Crippen LogP contribution in [0.5, 0.6) is 0 Å². The Morgan fingerprint density at radius 2 is 0.897 bits per heavy atom. The molecule has 0 amide bonds. The first-order chi connectivity index (χ1) is 28.8. The van der Waals surface area contributed by atoms with Crippen LogP contribution in [0.1, 0.15) is 0 Å². The maximum Gasteiger partial charge on any atom is 0.161 e. The molecular weight excluding hydrogens is 723 g/mol. The summed E-state index contributed by atoms with van der Waals surface area (Å²) >= 11 is 1.83. The Morgan fingerprint density at radius 1 is 0.379 bits per heavy atom. The van der Waals surface area contributed by atoms with Crippen LogP contribution in [0.25, 0.3) is 86.7 Å². The van der Waals surface area contributed by atoms with Gasteiger partial charge in [0.1, 0.15) is 0 Å². The number of hydrogen-bond acceptors (Lipinski definition) is 4. The maximum absolute atomic E-state index is 5.33. The summed E-state index contributed by atoms with van der Waals surface area (Å²) in [4.78, 5) is 13.0. The molecule has 9 aromatic carbocycles. The van der Waals surface area contributed by atoms with Gasteiger partial charge in [0.05, 0.1) is 21.6 Å². The van der Waals surface area contributed by atoms with Gasteiger partial charge >= 0.3 is 0 Å². The first-order valence-corrected chi connectivity index (χ1v) is 20.4. The van der Waals surface area contributed by atoms with E-state index < -0.39 is 0 Å². The fraction of sp³-hybridized carbons (Fsp3) is 0. The van der Waals surface area contributed by atoms with Crippen molar-refractivity contribution in [3.63, 3.8) is 0 Å². The van der Waals surface area contributed by atoms with Gasteiger partial charge in [-0.05, 0) is 75.5 Å². The Hall–Kier alpha value is -7.40. The van der Waals surface area contributed by atoms with Crippen LogP contribution in [-0.2, 0) is 0 Å². The molecule has 0 radical (unpaired) electrons.